The molecule has 88 valence electrons. The van der Waals surface area contributed by atoms with Crippen LogP contribution in [-0.2, 0) is 0 Å². The van der Waals surface area contributed by atoms with Gasteiger partial charge in [-0.25, -0.2) is 0 Å². The summed E-state index contributed by atoms with van der Waals surface area (Å²) < 4.78 is 0. The van der Waals surface area contributed by atoms with Crippen LogP contribution in [0.5, 0.6) is 0 Å². The van der Waals surface area contributed by atoms with Crippen LogP contribution >= 0.6 is 0 Å². The van der Waals surface area contributed by atoms with Crippen molar-refractivity contribution >= 4 is 0 Å². The van der Waals surface area contributed by atoms with Crippen LogP contribution in [-0.4, -0.2) is 0 Å². The van der Waals surface area contributed by atoms with Crippen molar-refractivity contribution in [2.24, 2.45) is 11.8 Å². The lowest BCUT2D eigenvalue weighted by atomic mass is 9.84. The Morgan fingerprint density at radius 2 is 1.07 bits per heavy atom. The fourth-order valence-corrected chi connectivity index (χ4v) is 2.15. The van der Waals surface area contributed by atoms with Gasteiger partial charge in [-0.2, -0.15) is 0 Å². The fourth-order valence-electron chi connectivity index (χ4n) is 2.15. The molecule has 0 aromatic heterocycles. The maximum atomic E-state index is 2.43. The molecule has 0 bridgehead atoms. The van der Waals surface area contributed by atoms with Gasteiger partial charge in [-0.15, -0.1) is 0 Å². The van der Waals surface area contributed by atoms with Crippen molar-refractivity contribution in [1.82, 2.24) is 0 Å². The predicted octanol–water partition coefficient (Wildman–Crippen LogP) is 5.67. The average molecular weight is 200 g/mol. The smallest absolute Gasteiger partial charge is 0.0389 e. The van der Waals surface area contributed by atoms with Crippen LogP contribution in [0.25, 0.3) is 0 Å². The zero-order valence-corrected chi connectivity index (χ0v) is 11.4. The van der Waals surface area contributed by atoms with Gasteiger partial charge < -0.3 is 0 Å². The Labute approximate surface area is 92.5 Å². The summed E-state index contributed by atoms with van der Waals surface area (Å²) in [5.74, 6) is 1.95. The zero-order valence-electron chi connectivity index (χ0n) is 11.4. The average Bonchev–Trinajstić information content (AvgIpc) is 2.21. The molecule has 0 rings (SSSR count). The lowest BCUT2D eigenvalue weighted by Gasteiger charge is -2.22. The maximum Gasteiger partial charge on any atom is -0.0389 e. The second-order valence-electron chi connectivity index (χ2n) is 4.10. The largest absolute Gasteiger partial charge is 0.0683 e. The molecule has 0 aliphatic rings. The Balaban J connectivity index is 0. The molecule has 0 aromatic rings. The van der Waals surface area contributed by atoms with Crippen LogP contribution in [0.15, 0.2) is 0 Å². The summed E-state index contributed by atoms with van der Waals surface area (Å²) in [6, 6.07) is 0. The molecule has 1 unspecified atom stereocenters. The van der Waals surface area contributed by atoms with E-state index < -0.39 is 0 Å². The highest BCUT2D eigenvalue weighted by Crippen LogP contribution is 2.25. The monoisotopic (exact) mass is 200 g/mol. The molecule has 0 fully saturated rings. The van der Waals surface area contributed by atoms with Crippen LogP contribution in [0.3, 0.4) is 0 Å². The minimum Gasteiger partial charge on any atom is -0.0683 e. The van der Waals surface area contributed by atoms with Gasteiger partial charge >= 0.3 is 0 Å². The highest BCUT2D eigenvalue weighted by atomic mass is 14.2. The third-order valence-corrected chi connectivity index (χ3v) is 2.87. The Bertz CT molecular complexity index is 80.0. The quantitative estimate of drug-likeness (QED) is 0.497. The molecule has 0 saturated carbocycles. The summed E-state index contributed by atoms with van der Waals surface area (Å²) in [6.07, 6.45) is 8.37. The van der Waals surface area contributed by atoms with Gasteiger partial charge in [-0.3, -0.25) is 0 Å². The van der Waals surface area contributed by atoms with Crippen molar-refractivity contribution < 1.29 is 0 Å². The van der Waals surface area contributed by atoms with Gasteiger partial charge in [-0.05, 0) is 11.8 Å². The van der Waals surface area contributed by atoms with E-state index in [1.807, 2.05) is 13.8 Å². The molecule has 0 aliphatic heterocycles. The third kappa shape index (κ3) is 8.59. The highest BCUT2D eigenvalue weighted by molar-refractivity contribution is 4.65. The van der Waals surface area contributed by atoms with E-state index in [1.54, 1.807) is 0 Å². The van der Waals surface area contributed by atoms with Gasteiger partial charge in [0.05, 0.1) is 0 Å². The van der Waals surface area contributed by atoms with Crippen LogP contribution < -0.4 is 0 Å². The minimum atomic E-state index is 0.954. The number of rotatable bonds is 7. The summed E-state index contributed by atoms with van der Waals surface area (Å²) >= 11 is 0. The van der Waals surface area contributed by atoms with Crippen LogP contribution in [0.4, 0.5) is 0 Å². The van der Waals surface area contributed by atoms with Crippen molar-refractivity contribution in [3.63, 3.8) is 0 Å². The number of hydrogen-bond donors (Lipinski definition) is 0. The van der Waals surface area contributed by atoms with E-state index in [4.69, 9.17) is 0 Å². The molecule has 1 atom stereocenters. The molecule has 0 N–H and O–H groups in total. The first-order valence-electron chi connectivity index (χ1n) is 6.76. The second-order valence-corrected chi connectivity index (χ2v) is 4.10. The lowest BCUT2D eigenvalue weighted by Crippen LogP contribution is -2.11. The molecule has 0 nitrogen and oxygen atoms in total. The van der Waals surface area contributed by atoms with Crippen molar-refractivity contribution in [2.75, 3.05) is 0 Å². The molecule has 0 heterocycles. The summed E-state index contributed by atoms with van der Waals surface area (Å²) in [6.45, 7) is 13.3. The Morgan fingerprint density at radius 3 is 1.36 bits per heavy atom. The molecular weight excluding hydrogens is 168 g/mol. The third-order valence-electron chi connectivity index (χ3n) is 2.87. The summed E-state index contributed by atoms with van der Waals surface area (Å²) in [5, 5.41) is 0. The van der Waals surface area contributed by atoms with Gasteiger partial charge in [0.2, 0.25) is 0 Å². The van der Waals surface area contributed by atoms with E-state index >= 15 is 0 Å². The topological polar surface area (TPSA) is 0 Å². The van der Waals surface area contributed by atoms with E-state index in [1.165, 1.54) is 38.5 Å². The van der Waals surface area contributed by atoms with Crippen LogP contribution in [0, 0.1) is 11.8 Å². The van der Waals surface area contributed by atoms with Crippen LogP contribution in [0.2, 0.25) is 0 Å². The normalized spacial score (nSPS) is 12.2. The van der Waals surface area contributed by atoms with E-state index in [9.17, 15) is 0 Å². The molecule has 0 amide bonds. The first kappa shape index (κ1) is 16.4. The Morgan fingerprint density at radius 1 is 0.714 bits per heavy atom. The summed E-state index contributed by atoms with van der Waals surface area (Å²) in [7, 11) is 0. The van der Waals surface area contributed by atoms with Crippen molar-refractivity contribution in [3.05, 3.63) is 0 Å². The van der Waals surface area contributed by atoms with Crippen LogP contribution in [0.1, 0.15) is 80.1 Å². The van der Waals surface area contributed by atoms with Gasteiger partial charge in [0.25, 0.3) is 0 Å². The Kier molecular flexibility index (Phi) is 15.3. The highest BCUT2D eigenvalue weighted by Gasteiger charge is 2.13. The van der Waals surface area contributed by atoms with Gasteiger partial charge in [-0.1, -0.05) is 80.1 Å². The first-order chi connectivity index (χ1) is 6.76. The molecule has 0 saturated heterocycles. The first-order valence-corrected chi connectivity index (χ1v) is 6.76. The molecular formula is C14H32. The van der Waals surface area contributed by atoms with E-state index in [0.717, 1.165) is 11.8 Å². The van der Waals surface area contributed by atoms with Gasteiger partial charge in [0.1, 0.15) is 0 Å². The number of hydrogen-bond acceptors (Lipinski definition) is 0. The van der Waals surface area contributed by atoms with E-state index in [-0.39, 0.29) is 0 Å². The SMILES string of the molecule is CC.CCCC(C)C(CCC)CCC. The maximum absolute atomic E-state index is 2.43. The Hall–Kier alpha value is 0. The van der Waals surface area contributed by atoms with Crippen molar-refractivity contribution in [2.45, 2.75) is 80.1 Å². The lowest BCUT2D eigenvalue weighted by molar-refractivity contribution is 0.292. The molecule has 0 radical (unpaired) electrons. The molecule has 0 aromatic carbocycles. The second kappa shape index (κ2) is 13.0. The van der Waals surface area contributed by atoms with E-state index in [2.05, 4.69) is 27.7 Å². The zero-order chi connectivity index (χ0) is 11.4. The summed E-state index contributed by atoms with van der Waals surface area (Å²) in [5.41, 5.74) is 0. The fraction of sp³-hybridized carbons (Fsp3) is 1.00. The van der Waals surface area contributed by atoms with E-state index in [0.29, 0.717) is 0 Å². The molecule has 14 heavy (non-hydrogen) atoms. The van der Waals surface area contributed by atoms with Gasteiger partial charge in [0.15, 0.2) is 0 Å². The minimum absolute atomic E-state index is 0.954. The van der Waals surface area contributed by atoms with Crippen molar-refractivity contribution in [3.8, 4) is 0 Å². The molecule has 0 spiro atoms. The molecule has 0 aliphatic carbocycles. The van der Waals surface area contributed by atoms with Crippen molar-refractivity contribution in [1.29, 1.82) is 0 Å². The predicted molar refractivity (Wildman–Crippen MR) is 68.7 cm³/mol. The van der Waals surface area contributed by atoms with Gasteiger partial charge in [0, 0.05) is 0 Å². The summed E-state index contributed by atoms with van der Waals surface area (Å²) in [4.78, 5) is 0. The molecule has 0 heteroatoms. The standard InChI is InChI=1S/C12H26.C2H6/c1-5-8-11(4)12(9-6-2)10-7-3;1-2/h11-12H,5-10H2,1-4H3;1-2H3.